The lowest BCUT2D eigenvalue weighted by Gasteiger charge is -2.11. The molecule has 1 aromatic heterocycles. The van der Waals surface area contributed by atoms with Gasteiger partial charge in [-0.3, -0.25) is 19.9 Å². The van der Waals surface area contributed by atoms with Gasteiger partial charge >= 0.3 is 0 Å². The molecule has 108 valence electrons. The van der Waals surface area contributed by atoms with Gasteiger partial charge in [-0.15, -0.1) is 0 Å². The predicted octanol–water partition coefficient (Wildman–Crippen LogP) is 3.47. The molecule has 1 heterocycles. The molecule has 2 rings (SSSR count). The molecular formula is C15H14N2O4. The number of nitrogens with zero attached hydrogens (tertiary/aromatic N) is 2. The van der Waals surface area contributed by atoms with Crippen molar-refractivity contribution in [3.05, 3.63) is 57.4 Å². The van der Waals surface area contributed by atoms with E-state index in [1.54, 1.807) is 12.1 Å². The van der Waals surface area contributed by atoms with Crippen LogP contribution in [-0.2, 0) is 6.42 Å². The van der Waals surface area contributed by atoms with Gasteiger partial charge in [-0.2, -0.15) is 0 Å². The highest BCUT2D eigenvalue weighted by molar-refractivity contribution is 5.80. The van der Waals surface area contributed by atoms with Crippen molar-refractivity contribution in [2.24, 2.45) is 0 Å². The minimum absolute atomic E-state index is 0.131. The maximum Gasteiger partial charge on any atom is 0.270 e. The molecule has 0 amide bonds. The molecule has 0 saturated carbocycles. The van der Waals surface area contributed by atoms with Crippen molar-refractivity contribution in [3.63, 3.8) is 0 Å². The minimum Gasteiger partial charge on any atom is -0.455 e. The Labute approximate surface area is 121 Å². The van der Waals surface area contributed by atoms with E-state index >= 15 is 0 Å². The molecule has 6 nitrogen and oxygen atoms in total. The van der Waals surface area contributed by atoms with Crippen LogP contribution in [0.3, 0.4) is 0 Å². The highest BCUT2D eigenvalue weighted by Gasteiger charge is 2.13. The monoisotopic (exact) mass is 286 g/mol. The van der Waals surface area contributed by atoms with Crippen molar-refractivity contribution in [2.75, 3.05) is 0 Å². The summed E-state index contributed by atoms with van der Waals surface area (Å²) in [6.07, 6.45) is 1.22. The number of carbonyl (C=O) groups is 1. The van der Waals surface area contributed by atoms with Gasteiger partial charge in [0.25, 0.3) is 5.69 Å². The van der Waals surface area contributed by atoms with Gasteiger partial charge in [-0.25, -0.2) is 0 Å². The Morgan fingerprint density at radius 1 is 1.29 bits per heavy atom. The Morgan fingerprint density at radius 3 is 2.62 bits per heavy atom. The molecule has 0 spiro atoms. The molecule has 0 bridgehead atoms. The van der Waals surface area contributed by atoms with Crippen LogP contribution in [0.5, 0.6) is 11.5 Å². The van der Waals surface area contributed by atoms with E-state index < -0.39 is 4.92 Å². The normalized spacial score (nSPS) is 10.2. The van der Waals surface area contributed by atoms with Gasteiger partial charge in [-0.05, 0) is 31.5 Å². The fraction of sp³-hybridized carbons (Fsp3) is 0.200. The second kappa shape index (κ2) is 6.13. The topological polar surface area (TPSA) is 82.3 Å². The number of ether oxygens (including phenoxy) is 1. The molecule has 0 radical (unpaired) electrons. The molecular weight excluding hydrogens is 272 g/mol. The molecule has 2 aromatic rings. The third-order valence-electron chi connectivity index (χ3n) is 2.96. The molecule has 21 heavy (non-hydrogen) atoms. The Kier molecular flexibility index (Phi) is 4.27. The molecule has 0 fully saturated rings. The molecule has 0 atom stereocenters. The van der Waals surface area contributed by atoms with Gasteiger partial charge in [0.1, 0.15) is 11.5 Å². The van der Waals surface area contributed by atoms with Gasteiger partial charge < -0.3 is 4.74 Å². The Balaban J connectivity index is 2.40. The number of rotatable bonds is 5. The number of non-ortho nitro benzene ring substituents is 1. The maximum atomic E-state index is 11.1. The van der Waals surface area contributed by atoms with E-state index in [4.69, 9.17) is 4.74 Å². The van der Waals surface area contributed by atoms with Gasteiger partial charge in [0.05, 0.1) is 16.2 Å². The largest absolute Gasteiger partial charge is 0.455 e. The predicted molar refractivity (Wildman–Crippen MR) is 76.9 cm³/mol. The van der Waals surface area contributed by atoms with Crippen LogP contribution in [0.2, 0.25) is 0 Å². The third kappa shape index (κ3) is 3.22. The fourth-order valence-electron chi connectivity index (χ4n) is 1.90. The summed E-state index contributed by atoms with van der Waals surface area (Å²) in [5.41, 5.74) is 1.62. The number of carbonyl (C=O) groups excluding carboxylic acids is 1. The first-order valence-corrected chi connectivity index (χ1v) is 6.43. The van der Waals surface area contributed by atoms with Gasteiger partial charge in [0.2, 0.25) is 0 Å². The number of benzene rings is 1. The first kappa shape index (κ1) is 14.6. The second-order valence-corrected chi connectivity index (χ2v) is 4.45. The van der Waals surface area contributed by atoms with E-state index in [0.717, 1.165) is 11.4 Å². The van der Waals surface area contributed by atoms with Crippen LogP contribution in [0, 0.1) is 17.0 Å². The number of hydrogen-bond donors (Lipinski definition) is 0. The molecule has 0 aliphatic rings. The number of aromatic nitrogens is 1. The van der Waals surface area contributed by atoms with Crippen LogP contribution < -0.4 is 4.74 Å². The quantitative estimate of drug-likeness (QED) is 0.477. The number of aryl methyl sites for hydroxylation is 2. The van der Waals surface area contributed by atoms with E-state index in [9.17, 15) is 14.9 Å². The molecule has 0 aliphatic carbocycles. The van der Waals surface area contributed by atoms with Crippen molar-refractivity contribution < 1.29 is 14.5 Å². The van der Waals surface area contributed by atoms with Crippen LogP contribution in [0.4, 0.5) is 5.69 Å². The summed E-state index contributed by atoms with van der Waals surface area (Å²) < 4.78 is 5.70. The summed E-state index contributed by atoms with van der Waals surface area (Å²) in [5.74, 6) is 0.816. The van der Waals surface area contributed by atoms with Crippen LogP contribution in [-0.4, -0.2) is 16.2 Å². The molecule has 0 unspecified atom stereocenters. The molecule has 0 N–H and O–H groups in total. The van der Waals surface area contributed by atoms with Crippen molar-refractivity contribution in [1.82, 2.24) is 4.98 Å². The smallest absolute Gasteiger partial charge is 0.270 e. The lowest BCUT2D eigenvalue weighted by molar-refractivity contribution is -0.384. The zero-order valence-electron chi connectivity index (χ0n) is 11.7. The maximum absolute atomic E-state index is 11.1. The highest BCUT2D eigenvalue weighted by atomic mass is 16.6. The minimum atomic E-state index is -0.554. The van der Waals surface area contributed by atoms with Crippen molar-refractivity contribution in [1.29, 1.82) is 0 Å². The fourth-order valence-corrected chi connectivity index (χ4v) is 1.90. The number of pyridine rings is 1. The number of nitro groups is 1. The lowest BCUT2D eigenvalue weighted by atomic mass is 10.2. The van der Waals surface area contributed by atoms with Gasteiger partial charge in [0, 0.05) is 17.8 Å². The van der Waals surface area contributed by atoms with Gasteiger partial charge in [-0.1, -0.05) is 6.92 Å². The number of hydrogen-bond acceptors (Lipinski definition) is 5. The second-order valence-electron chi connectivity index (χ2n) is 4.45. The zero-order chi connectivity index (χ0) is 15.4. The first-order valence-electron chi connectivity index (χ1n) is 6.43. The molecule has 0 saturated heterocycles. The van der Waals surface area contributed by atoms with Crippen LogP contribution >= 0.6 is 0 Å². The van der Waals surface area contributed by atoms with Crippen molar-refractivity contribution >= 4 is 12.0 Å². The SMILES string of the molecule is CCc1nc(C)ccc1Oc1ccc([N+](=O)[O-])cc1C=O. The van der Waals surface area contributed by atoms with E-state index in [1.807, 2.05) is 13.8 Å². The third-order valence-corrected chi connectivity index (χ3v) is 2.96. The van der Waals surface area contributed by atoms with Crippen LogP contribution in [0.25, 0.3) is 0 Å². The molecule has 6 heteroatoms. The number of aldehydes is 1. The summed E-state index contributed by atoms with van der Waals surface area (Å²) in [5, 5.41) is 10.7. The molecule has 1 aromatic carbocycles. The standard InChI is InChI=1S/C15H14N2O4/c1-3-13-15(6-4-10(2)16-13)21-14-7-5-12(17(19)20)8-11(14)9-18/h4-9H,3H2,1-2H3. The number of nitro benzene ring substituents is 1. The van der Waals surface area contributed by atoms with Crippen LogP contribution in [0.1, 0.15) is 28.7 Å². The Morgan fingerprint density at radius 2 is 2.00 bits per heavy atom. The molecule has 0 aliphatic heterocycles. The summed E-state index contributed by atoms with van der Waals surface area (Å²) in [7, 11) is 0. The van der Waals surface area contributed by atoms with E-state index in [0.29, 0.717) is 18.5 Å². The van der Waals surface area contributed by atoms with Crippen LogP contribution in [0.15, 0.2) is 30.3 Å². The van der Waals surface area contributed by atoms with Crippen molar-refractivity contribution in [3.8, 4) is 11.5 Å². The average Bonchev–Trinajstić information content (AvgIpc) is 2.49. The van der Waals surface area contributed by atoms with E-state index in [1.165, 1.54) is 18.2 Å². The highest BCUT2D eigenvalue weighted by Crippen LogP contribution is 2.29. The summed E-state index contributed by atoms with van der Waals surface area (Å²) >= 11 is 0. The summed E-state index contributed by atoms with van der Waals surface area (Å²) in [6, 6.07) is 7.49. The van der Waals surface area contributed by atoms with E-state index in [-0.39, 0.29) is 17.0 Å². The first-order chi connectivity index (χ1) is 10.0. The Bertz CT molecular complexity index is 698. The summed E-state index contributed by atoms with van der Waals surface area (Å²) in [6.45, 7) is 3.83. The van der Waals surface area contributed by atoms with Gasteiger partial charge in [0.15, 0.2) is 6.29 Å². The lowest BCUT2D eigenvalue weighted by Crippen LogP contribution is -1.98. The van der Waals surface area contributed by atoms with Crippen molar-refractivity contribution in [2.45, 2.75) is 20.3 Å². The van der Waals surface area contributed by atoms with E-state index in [2.05, 4.69) is 4.98 Å². The zero-order valence-corrected chi connectivity index (χ0v) is 11.7. The average molecular weight is 286 g/mol. The Hall–Kier alpha value is -2.76. The summed E-state index contributed by atoms with van der Waals surface area (Å²) in [4.78, 5) is 25.6.